The Kier molecular flexibility index (Phi) is 10.2. The Labute approximate surface area is 137 Å². The van der Waals surface area contributed by atoms with Crippen molar-refractivity contribution in [3.05, 3.63) is 12.2 Å². The molecule has 0 spiro atoms. The van der Waals surface area contributed by atoms with Crippen LogP contribution in [0.3, 0.4) is 0 Å². The molecule has 6 heteroatoms. The van der Waals surface area contributed by atoms with Crippen molar-refractivity contribution in [1.82, 2.24) is 0 Å². The van der Waals surface area contributed by atoms with Crippen LogP contribution in [0.4, 0.5) is 0 Å². The van der Waals surface area contributed by atoms with Crippen molar-refractivity contribution < 1.29 is 28.6 Å². The van der Waals surface area contributed by atoms with E-state index in [1.807, 2.05) is 0 Å². The van der Waals surface area contributed by atoms with Crippen molar-refractivity contribution in [3.8, 4) is 12.3 Å². The second-order valence-electron chi connectivity index (χ2n) is 4.60. The first-order valence-electron chi connectivity index (χ1n) is 7.59. The topological polar surface area (TPSA) is 78.9 Å². The fraction of sp³-hybridized carbons (Fsp3) is 0.588. The fourth-order valence-electron chi connectivity index (χ4n) is 1.93. The number of terminal acetylenes is 1. The van der Waals surface area contributed by atoms with Gasteiger partial charge in [-0.1, -0.05) is 6.08 Å². The van der Waals surface area contributed by atoms with E-state index in [1.54, 1.807) is 20.8 Å². The van der Waals surface area contributed by atoms with Crippen molar-refractivity contribution in [1.29, 1.82) is 0 Å². The Bertz CT molecular complexity index is 454. The van der Waals surface area contributed by atoms with E-state index in [2.05, 4.69) is 5.92 Å². The first kappa shape index (κ1) is 20.7. The molecule has 128 valence electrons. The molecule has 0 aliphatic heterocycles. The molecule has 0 saturated heterocycles. The third-order valence-corrected chi connectivity index (χ3v) is 3.01. The highest BCUT2D eigenvalue weighted by Gasteiger charge is 2.47. The summed E-state index contributed by atoms with van der Waals surface area (Å²) in [4.78, 5) is 35.8. The molecule has 0 aromatic rings. The molecule has 0 aliphatic carbocycles. The zero-order chi connectivity index (χ0) is 17.7. The van der Waals surface area contributed by atoms with E-state index < -0.39 is 23.3 Å². The van der Waals surface area contributed by atoms with E-state index >= 15 is 0 Å². The Balaban J connectivity index is 5.16. The average molecular weight is 324 g/mol. The zero-order valence-corrected chi connectivity index (χ0v) is 13.9. The summed E-state index contributed by atoms with van der Waals surface area (Å²) in [6, 6.07) is 0. The summed E-state index contributed by atoms with van der Waals surface area (Å²) in [6.07, 6.45) is 8.33. The minimum absolute atomic E-state index is 0.0881. The van der Waals surface area contributed by atoms with Crippen LogP contribution < -0.4 is 0 Å². The van der Waals surface area contributed by atoms with Crippen molar-refractivity contribution >= 4 is 17.9 Å². The minimum Gasteiger partial charge on any atom is -0.465 e. The van der Waals surface area contributed by atoms with Gasteiger partial charge < -0.3 is 14.2 Å². The van der Waals surface area contributed by atoms with E-state index in [4.69, 9.17) is 20.6 Å². The molecular weight excluding hydrogens is 300 g/mol. The number of allylic oxidation sites excluding steroid dienone is 1. The molecule has 0 atom stereocenters. The number of hydrogen-bond donors (Lipinski definition) is 0. The lowest BCUT2D eigenvalue weighted by Crippen LogP contribution is -2.42. The van der Waals surface area contributed by atoms with Gasteiger partial charge in [-0.05, 0) is 33.6 Å². The summed E-state index contributed by atoms with van der Waals surface area (Å²) in [5.41, 5.74) is -1.56. The molecule has 0 amide bonds. The van der Waals surface area contributed by atoms with Crippen molar-refractivity contribution in [2.24, 2.45) is 5.41 Å². The second-order valence-corrected chi connectivity index (χ2v) is 4.60. The zero-order valence-electron chi connectivity index (χ0n) is 13.9. The van der Waals surface area contributed by atoms with Crippen LogP contribution >= 0.6 is 0 Å². The predicted octanol–water partition coefficient (Wildman–Crippen LogP) is 2.02. The first-order chi connectivity index (χ1) is 11.0. The Hall–Kier alpha value is -2.29. The van der Waals surface area contributed by atoms with Crippen LogP contribution in [0.2, 0.25) is 0 Å². The summed E-state index contributed by atoms with van der Waals surface area (Å²) in [6.45, 7) is 5.52. The van der Waals surface area contributed by atoms with Crippen LogP contribution in [0.25, 0.3) is 0 Å². The van der Waals surface area contributed by atoms with E-state index in [-0.39, 0.29) is 39.1 Å². The van der Waals surface area contributed by atoms with Gasteiger partial charge in [-0.25, -0.2) is 4.79 Å². The highest BCUT2D eigenvalue weighted by Crippen LogP contribution is 2.32. The predicted molar refractivity (Wildman–Crippen MR) is 84.2 cm³/mol. The lowest BCUT2D eigenvalue weighted by Gasteiger charge is -2.26. The van der Waals surface area contributed by atoms with Crippen molar-refractivity contribution in [2.45, 2.75) is 40.0 Å². The molecule has 0 aromatic heterocycles. The van der Waals surface area contributed by atoms with Gasteiger partial charge in [0.1, 0.15) is 0 Å². The van der Waals surface area contributed by atoms with Gasteiger partial charge in [0.25, 0.3) is 0 Å². The quantitative estimate of drug-likeness (QED) is 0.201. The number of carbonyl (C=O) groups is 3. The summed E-state index contributed by atoms with van der Waals surface area (Å²) in [5.74, 6) is 0.441. The SMILES string of the molecule is C#CCC(CC/C=C/C(=O)OCC)(C(=O)OCC)C(=O)OCC. The average Bonchev–Trinajstić information content (AvgIpc) is 2.51. The van der Waals surface area contributed by atoms with Crippen LogP contribution in [0.1, 0.15) is 40.0 Å². The number of esters is 3. The van der Waals surface area contributed by atoms with Gasteiger partial charge in [-0.2, -0.15) is 0 Å². The fourth-order valence-corrected chi connectivity index (χ4v) is 1.93. The molecule has 0 N–H and O–H groups in total. The van der Waals surface area contributed by atoms with Crippen LogP contribution in [-0.4, -0.2) is 37.7 Å². The van der Waals surface area contributed by atoms with E-state index in [9.17, 15) is 14.4 Å². The Morgan fingerprint density at radius 3 is 1.96 bits per heavy atom. The number of carbonyl (C=O) groups excluding carboxylic acids is 3. The Morgan fingerprint density at radius 2 is 1.52 bits per heavy atom. The summed E-state index contributed by atoms with van der Waals surface area (Å²) >= 11 is 0. The smallest absolute Gasteiger partial charge is 0.330 e. The van der Waals surface area contributed by atoms with Gasteiger partial charge in [0, 0.05) is 12.5 Å². The molecule has 23 heavy (non-hydrogen) atoms. The second kappa shape index (κ2) is 11.3. The van der Waals surface area contributed by atoms with Gasteiger partial charge in [0.05, 0.1) is 19.8 Å². The normalized spacial score (nSPS) is 10.9. The summed E-state index contributed by atoms with van der Waals surface area (Å²) in [7, 11) is 0. The largest absolute Gasteiger partial charge is 0.465 e. The van der Waals surface area contributed by atoms with Gasteiger partial charge in [0.15, 0.2) is 5.41 Å². The maximum Gasteiger partial charge on any atom is 0.330 e. The van der Waals surface area contributed by atoms with Crippen molar-refractivity contribution in [2.75, 3.05) is 19.8 Å². The number of rotatable bonds is 10. The lowest BCUT2D eigenvalue weighted by molar-refractivity contribution is -0.172. The standard InChI is InChI=1S/C17H24O6/c1-5-12-17(15(19)22-7-3,16(20)23-8-4)13-10-9-11-14(18)21-6-2/h1,9,11H,6-8,10,12-13H2,2-4H3/b11-9+. The Morgan fingerprint density at radius 1 is 1.00 bits per heavy atom. The molecule has 0 bridgehead atoms. The van der Waals surface area contributed by atoms with Gasteiger partial charge in [0.2, 0.25) is 0 Å². The molecule has 0 unspecified atom stereocenters. The maximum atomic E-state index is 12.3. The molecule has 0 saturated carbocycles. The summed E-state index contributed by atoms with van der Waals surface area (Å²) in [5, 5.41) is 0. The van der Waals surface area contributed by atoms with Gasteiger partial charge in [-0.3, -0.25) is 9.59 Å². The molecule has 0 aromatic carbocycles. The molecule has 0 heterocycles. The molecule has 0 radical (unpaired) electrons. The lowest BCUT2D eigenvalue weighted by atomic mass is 9.80. The van der Waals surface area contributed by atoms with Crippen LogP contribution in [0.15, 0.2) is 12.2 Å². The van der Waals surface area contributed by atoms with Gasteiger partial charge >= 0.3 is 17.9 Å². The molecule has 0 rings (SSSR count). The third kappa shape index (κ3) is 6.55. The highest BCUT2D eigenvalue weighted by molar-refractivity contribution is 6.00. The van der Waals surface area contributed by atoms with E-state index in [0.717, 1.165) is 0 Å². The van der Waals surface area contributed by atoms with E-state index in [0.29, 0.717) is 0 Å². The van der Waals surface area contributed by atoms with E-state index in [1.165, 1.54) is 12.2 Å². The van der Waals surface area contributed by atoms with Crippen LogP contribution in [0.5, 0.6) is 0 Å². The van der Waals surface area contributed by atoms with Gasteiger partial charge in [-0.15, -0.1) is 12.3 Å². The molecule has 0 aliphatic rings. The maximum absolute atomic E-state index is 12.3. The van der Waals surface area contributed by atoms with Crippen LogP contribution in [-0.2, 0) is 28.6 Å². The molecule has 6 nitrogen and oxygen atoms in total. The highest BCUT2D eigenvalue weighted by atomic mass is 16.6. The number of hydrogen-bond acceptors (Lipinski definition) is 6. The molecular formula is C17H24O6. The number of ether oxygens (including phenoxy) is 3. The monoisotopic (exact) mass is 324 g/mol. The van der Waals surface area contributed by atoms with Crippen molar-refractivity contribution in [3.63, 3.8) is 0 Å². The minimum atomic E-state index is -1.56. The first-order valence-corrected chi connectivity index (χ1v) is 7.59. The van der Waals surface area contributed by atoms with Crippen LogP contribution in [0, 0.1) is 17.8 Å². The summed E-state index contributed by atoms with van der Waals surface area (Å²) < 4.78 is 14.7. The molecule has 0 fully saturated rings. The third-order valence-electron chi connectivity index (χ3n) is 3.01.